The van der Waals surface area contributed by atoms with E-state index in [-0.39, 0.29) is 5.41 Å². The van der Waals surface area contributed by atoms with Gasteiger partial charge < -0.3 is 4.90 Å². The van der Waals surface area contributed by atoms with E-state index in [1.807, 2.05) is 0 Å². The van der Waals surface area contributed by atoms with Gasteiger partial charge in [-0.3, -0.25) is 0 Å². The van der Waals surface area contributed by atoms with Gasteiger partial charge in [0.15, 0.2) is 0 Å². The van der Waals surface area contributed by atoms with Crippen molar-refractivity contribution in [3.05, 3.63) is 284 Å². The zero-order valence-corrected chi connectivity index (χ0v) is 38.4. The van der Waals surface area contributed by atoms with Gasteiger partial charge >= 0.3 is 0 Å². The van der Waals surface area contributed by atoms with Crippen molar-refractivity contribution >= 4 is 49.4 Å². The van der Waals surface area contributed by atoms with Crippen LogP contribution in [0.1, 0.15) is 23.6 Å². The van der Waals surface area contributed by atoms with Gasteiger partial charge in [-0.2, -0.15) is 0 Å². The van der Waals surface area contributed by atoms with Crippen LogP contribution in [0.4, 0.5) is 17.1 Å². The third kappa shape index (κ3) is 6.77. The lowest BCUT2D eigenvalue weighted by Crippen LogP contribution is -2.22. The molecule has 0 heterocycles. The Balaban J connectivity index is 0.994. The second-order valence-electron chi connectivity index (χ2n) is 18.5. The van der Waals surface area contributed by atoms with Crippen LogP contribution in [0.2, 0.25) is 0 Å². The van der Waals surface area contributed by atoms with Gasteiger partial charge in [-0.15, -0.1) is 0 Å². The fourth-order valence-electron chi connectivity index (χ4n) is 11.3. The molecule has 1 nitrogen and oxygen atoms in total. The topological polar surface area (TPSA) is 3.24 Å². The Bertz CT molecular complexity index is 3870. The molecule has 324 valence electrons. The number of anilines is 3. The Labute approximate surface area is 403 Å². The quantitative estimate of drug-likeness (QED) is 0.138. The van der Waals surface area contributed by atoms with Gasteiger partial charge in [0.25, 0.3) is 0 Å². The molecule has 0 saturated carbocycles. The van der Waals surface area contributed by atoms with Gasteiger partial charge in [-0.05, 0) is 154 Å². The fraction of sp³-hybridized carbons (Fsp3) is 0.0294. The van der Waals surface area contributed by atoms with Crippen LogP contribution in [0.3, 0.4) is 0 Å². The Morgan fingerprint density at radius 1 is 0.275 bits per heavy atom. The van der Waals surface area contributed by atoms with Gasteiger partial charge in [-0.25, -0.2) is 0 Å². The molecule has 0 bridgehead atoms. The van der Waals surface area contributed by atoms with E-state index in [1.165, 1.54) is 105 Å². The molecule has 1 unspecified atom stereocenters. The molecular formula is C68H47N. The summed E-state index contributed by atoms with van der Waals surface area (Å²) in [6.07, 6.45) is 0. The van der Waals surface area contributed by atoms with Crippen LogP contribution >= 0.6 is 0 Å². The number of rotatable bonds is 8. The first kappa shape index (κ1) is 40.5. The van der Waals surface area contributed by atoms with Crippen molar-refractivity contribution in [2.75, 3.05) is 4.90 Å². The number of fused-ring (bicyclic) bond motifs is 7. The van der Waals surface area contributed by atoms with Crippen molar-refractivity contribution in [2.24, 2.45) is 0 Å². The van der Waals surface area contributed by atoms with Gasteiger partial charge in [-0.1, -0.05) is 224 Å². The molecule has 0 N–H and O–H groups in total. The smallest absolute Gasteiger partial charge is 0.0468 e. The molecule has 12 aromatic carbocycles. The summed E-state index contributed by atoms with van der Waals surface area (Å²) in [5, 5.41) is 7.45. The molecule has 0 saturated heterocycles. The molecule has 12 aromatic rings. The first-order valence-electron chi connectivity index (χ1n) is 24.0. The minimum Gasteiger partial charge on any atom is -0.310 e. The van der Waals surface area contributed by atoms with E-state index in [1.54, 1.807) is 0 Å². The number of hydrogen-bond donors (Lipinski definition) is 0. The molecule has 0 radical (unpaired) electrons. The van der Waals surface area contributed by atoms with Crippen molar-refractivity contribution in [1.82, 2.24) is 0 Å². The summed E-state index contributed by atoms with van der Waals surface area (Å²) in [5.74, 6) is 0. The summed E-state index contributed by atoms with van der Waals surface area (Å²) in [6.45, 7) is 2.39. The zero-order valence-electron chi connectivity index (χ0n) is 38.4. The lowest BCUT2D eigenvalue weighted by atomic mass is 9.74. The van der Waals surface area contributed by atoms with E-state index < -0.39 is 0 Å². The molecule has 0 amide bonds. The first-order valence-corrected chi connectivity index (χ1v) is 24.0. The maximum atomic E-state index is 2.46. The minimum atomic E-state index is -0.287. The number of benzene rings is 12. The Morgan fingerprint density at radius 3 is 1.46 bits per heavy atom. The largest absolute Gasteiger partial charge is 0.310 e. The molecule has 0 aromatic heterocycles. The van der Waals surface area contributed by atoms with Crippen LogP contribution in [-0.2, 0) is 5.41 Å². The van der Waals surface area contributed by atoms with Gasteiger partial charge in [0.2, 0.25) is 0 Å². The zero-order chi connectivity index (χ0) is 45.9. The summed E-state index contributed by atoms with van der Waals surface area (Å²) in [6, 6.07) is 98.4. The second-order valence-corrected chi connectivity index (χ2v) is 18.5. The third-order valence-electron chi connectivity index (χ3n) is 14.7. The van der Waals surface area contributed by atoms with Crippen molar-refractivity contribution < 1.29 is 0 Å². The monoisotopic (exact) mass is 877 g/mol. The van der Waals surface area contributed by atoms with Crippen molar-refractivity contribution in [3.63, 3.8) is 0 Å². The fourth-order valence-corrected chi connectivity index (χ4v) is 11.3. The van der Waals surface area contributed by atoms with Crippen LogP contribution < -0.4 is 4.90 Å². The Morgan fingerprint density at radius 2 is 0.754 bits per heavy atom. The van der Waals surface area contributed by atoms with Crippen LogP contribution in [0.5, 0.6) is 0 Å². The van der Waals surface area contributed by atoms with Gasteiger partial charge in [0.05, 0.1) is 0 Å². The predicted molar refractivity (Wildman–Crippen MR) is 293 cm³/mol. The van der Waals surface area contributed by atoms with Gasteiger partial charge in [0, 0.05) is 22.5 Å². The average Bonchev–Trinajstić information content (AvgIpc) is 3.69. The lowest BCUT2D eigenvalue weighted by Gasteiger charge is -2.30. The highest BCUT2D eigenvalue weighted by atomic mass is 15.1. The maximum absolute atomic E-state index is 2.46. The molecule has 0 aliphatic heterocycles. The van der Waals surface area contributed by atoms with E-state index in [0.29, 0.717) is 0 Å². The molecule has 0 spiro atoms. The van der Waals surface area contributed by atoms with Crippen molar-refractivity contribution in [3.8, 4) is 55.6 Å². The Kier molecular flexibility index (Phi) is 9.70. The highest BCUT2D eigenvalue weighted by Gasteiger charge is 2.41. The molecular weight excluding hydrogens is 831 g/mol. The van der Waals surface area contributed by atoms with E-state index in [0.717, 1.165) is 17.1 Å². The summed E-state index contributed by atoms with van der Waals surface area (Å²) in [4.78, 5) is 2.46. The maximum Gasteiger partial charge on any atom is 0.0468 e. The van der Waals surface area contributed by atoms with E-state index >= 15 is 0 Å². The molecule has 1 heteroatoms. The highest BCUT2D eigenvalue weighted by Crippen LogP contribution is 2.54. The highest BCUT2D eigenvalue weighted by molar-refractivity contribution is 6.22. The lowest BCUT2D eigenvalue weighted by molar-refractivity contribution is 0.714. The molecule has 69 heavy (non-hydrogen) atoms. The second kappa shape index (κ2) is 16.5. The van der Waals surface area contributed by atoms with Crippen molar-refractivity contribution in [2.45, 2.75) is 12.3 Å². The molecule has 1 atom stereocenters. The van der Waals surface area contributed by atoms with Crippen LogP contribution in [0.15, 0.2) is 267 Å². The molecule has 13 rings (SSSR count). The summed E-state index contributed by atoms with van der Waals surface area (Å²) < 4.78 is 0. The number of nitrogens with zero attached hydrogens (tertiary/aromatic N) is 1. The SMILES string of the molecule is CC1(c2ccccc2)c2ccccc2-c2cc(N(c3ccc(-c4ccc(-c5ccc6ccccc6c5)cc4)cc3)c3ccc4c(c3)c(-c3ccccc3)c(-c3ccccc3)c3ccccc34)ccc21. The first-order chi connectivity index (χ1) is 34.1. The molecule has 0 fully saturated rings. The normalized spacial score (nSPS) is 13.9. The minimum absolute atomic E-state index is 0.287. The average molecular weight is 878 g/mol. The van der Waals surface area contributed by atoms with Crippen LogP contribution in [0.25, 0.3) is 88.0 Å². The Hall–Kier alpha value is -8.78. The number of hydrogen-bond acceptors (Lipinski definition) is 1. The van der Waals surface area contributed by atoms with E-state index in [4.69, 9.17) is 0 Å². The summed E-state index contributed by atoms with van der Waals surface area (Å²) in [7, 11) is 0. The van der Waals surface area contributed by atoms with Crippen molar-refractivity contribution in [1.29, 1.82) is 0 Å². The summed E-state index contributed by atoms with van der Waals surface area (Å²) >= 11 is 0. The molecule has 1 aliphatic rings. The predicted octanol–water partition coefficient (Wildman–Crippen LogP) is 18.6. The standard InChI is InChI=1S/C68H47N/c1-68(54-23-9-4-10-24-54)64-28-16-15-26-60(64)62-44-57(40-42-65(62)68)69(55-37-35-48(36-38-55)47-29-31-49(32-30-47)53-34-33-46-17-11-12-22-52(46)43-53)56-39-41-59-58-25-13-14-27-61(58)66(50-18-5-2-6-19-50)67(63(59)45-56)51-20-7-3-8-21-51/h2-45H,1H3. The summed E-state index contributed by atoms with van der Waals surface area (Å²) in [5.41, 5.74) is 19.2. The van der Waals surface area contributed by atoms with Crippen LogP contribution in [0, 0.1) is 0 Å². The van der Waals surface area contributed by atoms with E-state index in [2.05, 4.69) is 279 Å². The van der Waals surface area contributed by atoms with Crippen LogP contribution in [-0.4, -0.2) is 0 Å². The van der Waals surface area contributed by atoms with E-state index in [9.17, 15) is 0 Å². The molecule has 1 aliphatic carbocycles. The third-order valence-corrected chi connectivity index (χ3v) is 14.7. The van der Waals surface area contributed by atoms with Gasteiger partial charge in [0.1, 0.15) is 0 Å².